The van der Waals surface area contributed by atoms with Gasteiger partial charge >= 0.3 is 0 Å². The molecule has 2 nitrogen and oxygen atoms in total. The first-order chi connectivity index (χ1) is 15.6. The minimum Gasteiger partial charge on any atom is -0.299 e. The Morgan fingerprint density at radius 2 is 1.47 bits per heavy atom. The highest BCUT2D eigenvalue weighted by atomic mass is 15.1. The van der Waals surface area contributed by atoms with Crippen molar-refractivity contribution in [1.82, 2.24) is 9.55 Å². The minimum atomic E-state index is 0.981. The second-order valence-electron chi connectivity index (χ2n) is 8.96. The SMILES string of the molecule is CCCCCCc1ccc(-c2cccc(-c3nccn3-c3c(C)cc(C)cc3C)c2)cc1. The summed E-state index contributed by atoms with van der Waals surface area (Å²) < 4.78 is 2.22. The molecule has 0 unspecified atom stereocenters. The van der Waals surface area contributed by atoms with Gasteiger partial charge in [0.1, 0.15) is 5.82 Å². The lowest BCUT2D eigenvalue weighted by Gasteiger charge is -2.15. The van der Waals surface area contributed by atoms with Crippen LogP contribution in [0.2, 0.25) is 0 Å². The quantitative estimate of drug-likeness (QED) is 0.261. The van der Waals surface area contributed by atoms with Crippen LogP contribution in [0.25, 0.3) is 28.2 Å². The molecule has 1 heterocycles. The van der Waals surface area contributed by atoms with Crippen LogP contribution in [0.15, 0.2) is 73.1 Å². The number of benzene rings is 3. The lowest BCUT2D eigenvalue weighted by molar-refractivity contribution is 0.667. The number of rotatable bonds is 8. The second kappa shape index (κ2) is 9.99. The van der Waals surface area contributed by atoms with Crippen LogP contribution in [0.4, 0.5) is 0 Å². The molecular weight excluding hydrogens is 388 g/mol. The molecule has 0 spiro atoms. The fraction of sp³-hybridized carbons (Fsp3) is 0.300. The normalized spacial score (nSPS) is 11.1. The van der Waals surface area contributed by atoms with Crippen molar-refractivity contribution in [3.05, 3.63) is 95.3 Å². The van der Waals surface area contributed by atoms with Gasteiger partial charge in [0.2, 0.25) is 0 Å². The summed E-state index contributed by atoms with van der Waals surface area (Å²) in [4.78, 5) is 4.73. The molecule has 0 saturated carbocycles. The highest BCUT2D eigenvalue weighted by molar-refractivity contribution is 5.71. The molecule has 1 aromatic heterocycles. The van der Waals surface area contributed by atoms with E-state index < -0.39 is 0 Å². The molecule has 164 valence electrons. The molecule has 4 aromatic rings. The molecule has 0 aliphatic heterocycles. The number of nitrogens with zero attached hydrogens (tertiary/aromatic N) is 2. The molecule has 0 fully saturated rings. The highest BCUT2D eigenvalue weighted by Gasteiger charge is 2.13. The Hall–Kier alpha value is -3.13. The summed E-state index contributed by atoms with van der Waals surface area (Å²) in [6, 6.07) is 22.3. The molecular formula is C30H34N2. The molecule has 0 bridgehead atoms. The summed E-state index contributed by atoms with van der Waals surface area (Å²) in [5.41, 5.74) is 10.1. The maximum atomic E-state index is 4.73. The number of unbranched alkanes of at least 4 members (excludes halogenated alkanes) is 3. The first-order valence-electron chi connectivity index (χ1n) is 11.9. The van der Waals surface area contributed by atoms with Crippen molar-refractivity contribution in [3.63, 3.8) is 0 Å². The topological polar surface area (TPSA) is 17.8 Å². The maximum Gasteiger partial charge on any atom is 0.144 e. The molecule has 0 aliphatic rings. The molecule has 0 aliphatic carbocycles. The van der Waals surface area contributed by atoms with E-state index in [9.17, 15) is 0 Å². The average molecular weight is 423 g/mol. The Kier molecular flexibility index (Phi) is 6.90. The van der Waals surface area contributed by atoms with Crippen molar-refractivity contribution in [2.45, 2.75) is 59.8 Å². The van der Waals surface area contributed by atoms with Gasteiger partial charge in [-0.15, -0.1) is 0 Å². The zero-order chi connectivity index (χ0) is 22.5. The average Bonchev–Trinajstić information content (AvgIpc) is 3.26. The van der Waals surface area contributed by atoms with Crippen molar-refractivity contribution in [1.29, 1.82) is 0 Å². The number of imidazole rings is 1. The molecule has 4 rings (SSSR count). The van der Waals surface area contributed by atoms with E-state index in [0.717, 1.165) is 11.4 Å². The Balaban J connectivity index is 1.61. The summed E-state index contributed by atoms with van der Waals surface area (Å²) in [6.07, 6.45) is 10.4. The van der Waals surface area contributed by atoms with E-state index in [-0.39, 0.29) is 0 Å². The van der Waals surface area contributed by atoms with Crippen LogP contribution in [-0.4, -0.2) is 9.55 Å². The zero-order valence-electron chi connectivity index (χ0n) is 19.9. The van der Waals surface area contributed by atoms with Gasteiger partial charge < -0.3 is 0 Å². The molecule has 0 radical (unpaired) electrons. The van der Waals surface area contributed by atoms with Crippen LogP contribution in [0.5, 0.6) is 0 Å². The van der Waals surface area contributed by atoms with Crippen LogP contribution in [0.3, 0.4) is 0 Å². The maximum absolute atomic E-state index is 4.73. The van der Waals surface area contributed by atoms with Gasteiger partial charge in [-0.1, -0.05) is 86.3 Å². The van der Waals surface area contributed by atoms with E-state index in [0.29, 0.717) is 0 Å². The van der Waals surface area contributed by atoms with Gasteiger partial charge in [-0.2, -0.15) is 0 Å². The molecule has 3 aromatic carbocycles. The minimum absolute atomic E-state index is 0.981. The van der Waals surface area contributed by atoms with Gasteiger partial charge in [-0.3, -0.25) is 4.57 Å². The van der Waals surface area contributed by atoms with Crippen LogP contribution in [0.1, 0.15) is 54.9 Å². The summed E-state index contributed by atoms with van der Waals surface area (Å²) >= 11 is 0. The zero-order valence-corrected chi connectivity index (χ0v) is 19.9. The lowest BCUT2D eigenvalue weighted by atomic mass is 9.99. The number of hydrogen-bond donors (Lipinski definition) is 0. The molecule has 2 heteroatoms. The van der Waals surface area contributed by atoms with Crippen molar-refractivity contribution in [2.75, 3.05) is 0 Å². The van der Waals surface area contributed by atoms with Gasteiger partial charge in [-0.25, -0.2) is 4.98 Å². The molecule has 0 amide bonds. The fourth-order valence-corrected chi connectivity index (χ4v) is 4.71. The van der Waals surface area contributed by atoms with Crippen molar-refractivity contribution in [3.8, 4) is 28.2 Å². The van der Waals surface area contributed by atoms with Gasteiger partial charge in [-0.05, 0) is 67.5 Å². The monoisotopic (exact) mass is 422 g/mol. The summed E-state index contributed by atoms with van der Waals surface area (Å²) in [7, 11) is 0. The van der Waals surface area contributed by atoms with E-state index in [2.05, 4.69) is 99.1 Å². The first-order valence-corrected chi connectivity index (χ1v) is 11.9. The van der Waals surface area contributed by atoms with Gasteiger partial charge in [0, 0.05) is 18.0 Å². The summed E-state index contributed by atoms with van der Waals surface area (Å²) in [6.45, 7) is 8.77. The standard InChI is InChI=1S/C30H34N2/c1-5-6-7-8-10-25-13-15-26(16-14-25)27-11-9-12-28(21-27)30-31-17-18-32(30)29-23(3)19-22(2)20-24(29)4/h9,11-21H,5-8,10H2,1-4H3. The predicted molar refractivity (Wildman–Crippen MR) is 136 cm³/mol. The largest absolute Gasteiger partial charge is 0.299 e. The van der Waals surface area contributed by atoms with Crippen molar-refractivity contribution >= 4 is 0 Å². The Morgan fingerprint density at radius 1 is 0.750 bits per heavy atom. The van der Waals surface area contributed by atoms with Crippen molar-refractivity contribution < 1.29 is 0 Å². The summed E-state index contributed by atoms with van der Waals surface area (Å²) in [5.74, 6) is 0.981. The van der Waals surface area contributed by atoms with E-state index in [1.54, 1.807) is 0 Å². The van der Waals surface area contributed by atoms with Crippen molar-refractivity contribution in [2.24, 2.45) is 0 Å². The Bertz CT molecular complexity index is 1160. The van der Waals surface area contributed by atoms with Crippen LogP contribution in [-0.2, 0) is 6.42 Å². The fourth-order valence-electron chi connectivity index (χ4n) is 4.71. The number of aromatic nitrogens is 2. The predicted octanol–water partition coefficient (Wildman–Crippen LogP) is 8.25. The van der Waals surface area contributed by atoms with Gasteiger partial charge in [0.05, 0.1) is 5.69 Å². The van der Waals surface area contributed by atoms with E-state index in [4.69, 9.17) is 4.98 Å². The third-order valence-corrected chi connectivity index (χ3v) is 6.24. The number of hydrogen-bond acceptors (Lipinski definition) is 1. The molecule has 32 heavy (non-hydrogen) atoms. The van der Waals surface area contributed by atoms with Crippen LogP contribution in [0, 0.1) is 20.8 Å². The van der Waals surface area contributed by atoms with Crippen LogP contribution < -0.4 is 0 Å². The van der Waals surface area contributed by atoms with Crippen LogP contribution >= 0.6 is 0 Å². The van der Waals surface area contributed by atoms with E-state index in [1.807, 2.05) is 6.20 Å². The Labute approximate surface area is 193 Å². The second-order valence-corrected chi connectivity index (χ2v) is 8.96. The van der Waals surface area contributed by atoms with Gasteiger partial charge in [0.15, 0.2) is 0 Å². The van der Waals surface area contributed by atoms with E-state index >= 15 is 0 Å². The third-order valence-electron chi connectivity index (χ3n) is 6.24. The smallest absolute Gasteiger partial charge is 0.144 e. The van der Waals surface area contributed by atoms with E-state index in [1.165, 1.54) is 71.2 Å². The summed E-state index contributed by atoms with van der Waals surface area (Å²) in [5, 5.41) is 0. The highest BCUT2D eigenvalue weighted by Crippen LogP contribution is 2.30. The Morgan fingerprint density at radius 3 is 2.19 bits per heavy atom. The van der Waals surface area contributed by atoms with Gasteiger partial charge in [0.25, 0.3) is 0 Å². The molecule has 0 N–H and O–H groups in total. The lowest BCUT2D eigenvalue weighted by Crippen LogP contribution is -2.02. The first kappa shape index (κ1) is 22.1. The molecule has 0 saturated heterocycles. The third kappa shape index (κ3) is 4.85. The molecule has 0 atom stereocenters. The number of aryl methyl sites for hydroxylation is 4.